The number of unbranched alkanes of at least 4 members (excludes halogenated alkanes) is 28. The summed E-state index contributed by atoms with van der Waals surface area (Å²) in [4.78, 5) is 35.0. The molecule has 0 saturated carbocycles. The molecule has 0 heterocycles. The molecule has 0 saturated heterocycles. The van der Waals surface area contributed by atoms with Crippen LogP contribution in [-0.2, 0) is 32.7 Å². The fourth-order valence-corrected chi connectivity index (χ4v) is 8.16. The minimum Gasteiger partial charge on any atom is -0.462 e. The lowest BCUT2D eigenvalue weighted by Gasteiger charge is -2.19. The van der Waals surface area contributed by atoms with Crippen LogP contribution >= 0.6 is 7.82 Å². The molecule has 0 bridgehead atoms. The van der Waals surface area contributed by atoms with E-state index >= 15 is 0 Å². The molecule has 368 valence electrons. The number of hydrogen-bond acceptors (Lipinski definition) is 8. The van der Waals surface area contributed by atoms with Crippen molar-refractivity contribution in [2.24, 2.45) is 5.73 Å². The largest absolute Gasteiger partial charge is 0.472 e. The van der Waals surface area contributed by atoms with Gasteiger partial charge in [0.05, 0.1) is 13.2 Å². The Labute approximate surface area is 387 Å². The first-order valence-corrected chi connectivity index (χ1v) is 27.6. The third kappa shape index (κ3) is 49.2. The number of esters is 2. The first-order chi connectivity index (χ1) is 30.8. The van der Waals surface area contributed by atoms with Gasteiger partial charge < -0.3 is 20.1 Å². The number of hydrogen-bond donors (Lipinski definition) is 2. The maximum atomic E-state index is 12.6. The molecule has 0 aromatic carbocycles. The summed E-state index contributed by atoms with van der Waals surface area (Å²) in [6, 6.07) is 0. The number of carbonyl (C=O) groups excluding carboxylic acids is 2. The number of ether oxygens (including phenoxy) is 2. The topological polar surface area (TPSA) is 134 Å². The Morgan fingerprint density at radius 3 is 1.30 bits per heavy atom. The number of phosphoric acid groups is 1. The first kappa shape index (κ1) is 61.0. The van der Waals surface area contributed by atoms with E-state index in [-0.39, 0.29) is 38.6 Å². The van der Waals surface area contributed by atoms with E-state index in [1.165, 1.54) is 141 Å². The Kier molecular flexibility index (Phi) is 47.8. The second-order valence-corrected chi connectivity index (χ2v) is 18.8. The highest BCUT2D eigenvalue weighted by Gasteiger charge is 2.26. The van der Waals surface area contributed by atoms with E-state index in [0.29, 0.717) is 6.42 Å². The van der Waals surface area contributed by atoms with Crippen molar-refractivity contribution in [1.29, 1.82) is 0 Å². The molecular formula is C53H98NO8P. The normalized spacial score (nSPS) is 13.5. The lowest BCUT2D eigenvalue weighted by molar-refractivity contribution is -0.161. The summed E-state index contributed by atoms with van der Waals surface area (Å²) in [6.07, 6.45) is 58.8. The smallest absolute Gasteiger partial charge is 0.462 e. The van der Waals surface area contributed by atoms with Gasteiger partial charge in [-0.1, -0.05) is 229 Å². The van der Waals surface area contributed by atoms with Crippen LogP contribution in [0, 0.1) is 0 Å². The minimum absolute atomic E-state index is 0.0486. The lowest BCUT2D eigenvalue weighted by Crippen LogP contribution is -2.29. The maximum Gasteiger partial charge on any atom is 0.472 e. The van der Waals surface area contributed by atoms with Crippen LogP contribution in [-0.4, -0.2) is 49.3 Å². The van der Waals surface area contributed by atoms with Gasteiger partial charge in [0.2, 0.25) is 0 Å². The van der Waals surface area contributed by atoms with Crippen LogP contribution in [0.4, 0.5) is 0 Å². The fourth-order valence-electron chi connectivity index (χ4n) is 7.39. The second kappa shape index (κ2) is 49.4. The van der Waals surface area contributed by atoms with Crippen LogP contribution in [0.2, 0.25) is 0 Å². The molecule has 0 spiro atoms. The average Bonchev–Trinajstić information content (AvgIpc) is 3.27. The predicted molar refractivity (Wildman–Crippen MR) is 266 cm³/mol. The molecule has 10 heteroatoms. The highest BCUT2D eigenvalue weighted by atomic mass is 31.2. The Morgan fingerprint density at radius 1 is 0.492 bits per heavy atom. The van der Waals surface area contributed by atoms with E-state index in [9.17, 15) is 19.0 Å². The van der Waals surface area contributed by atoms with Crippen LogP contribution in [0.15, 0.2) is 48.6 Å². The fraction of sp³-hybridized carbons (Fsp3) is 0.811. The van der Waals surface area contributed by atoms with Crippen LogP contribution in [0.3, 0.4) is 0 Å². The summed E-state index contributed by atoms with van der Waals surface area (Å²) in [7, 11) is -4.39. The third-order valence-electron chi connectivity index (χ3n) is 11.2. The number of carbonyl (C=O) groups is 2. The van der Waals surface area contributed by atoms with Gasteiger partial charge >= 0.3 is 19.8 Å². The van der Waals surface area contributed by atoms with Crippen molar-refractivity contribution < 1.29 is 37.6 Å². The molecule has 0 aliphatic carbocycles. The zero-order chi connectivity index (χ0) is 46.0. The SMILES string of the molecule is CC/C=C\C/C=C\C/C=C\C/C=C\CCCCCCC(=O)OC(COC(=O)CCCCCCCCCCCCCCCCCCCCCCCCCCC)COP(=O)(O)OCCN. The summed E-state index contributed by atoms with van der Waals surface area (Å²) in [5.74, 6) is -0.848. The van der Waals surface area contributed by atoms with Gasteiger partial charge in [0.1, 0.15) is 6.61 Å². The summed E-state index contributed by atoms with van der Waals surface area (Å²) < 4.78 is 32.9. The van der Waals surface area contributed by atoms with E-state index in [1.54, 1.807) is 0 Å². The van der Waals surface area contributed by atoms with Crippen molar-refractivity contribution in [3.8, 4) is 0 Å². The molecular weight excluding hydrogens is 810 g/mol. The number of allylic oxidation sites excluding steroid dienone is 8. The van der Waals surface area contributed by atoms with E-state index in [2.05, 4.69) is 62.5 Å². The van der Waals surface area contributed by atoms with E-state index in [1.807, 2.05) is 0 Å². The van der Waals surface area contributed by atoms with E-state index < -0.39 is 26.5 Å². The zero-order valence-electron chi connectivity index (χ0n) is 40.8. The molecule has 0 rings (SSSR count). The molecule has 63 heavy (non-hydrogen) atoms. The summed E-state index contributed by atoms with van der Waals surface area (Å²) >= 11 is 0. The minimum atomic E-state index is -4.39. The van der Waals surface area contributed by atoms with Crippen LogP contribution in [0.5, 0.6) is 0 Å². The van der Waals surface area contributed by atoms with Crippen LogP contribution in [0.1, 0.15) is 245 Å². The Hall–Kier alpha value is -2.03. The van der Waals surface area contributed by atoms with Crippen molar-refractivity contribution in [2.75, 3.05) is 26.4 Å². The first-order valence-electron chi connectivity index (χ1n) is 26.1. The van der Waals surface area contributed by atoms with Crippen molar-refractivity contribution >= 4 is 19.8 Å². The number of rotatable bonds is 49. The summed E-state index contributed by atoms with van der Waals surface area (Å²) in [5.41, 5.74) is 5.36. The van der Waals surface area contributed by atoms with Gasteiger partial charge in [-0.25, -0.2) is 4.57 Å². The lowest BCUT2D eigenvalue weighted by atomic mass is 10.0. The molecule has 0 radical (unpaired) electrons. The van der Waals surface area contributed by atoms with E-state index in [4.69, 9.17) is 24.3 Å². The molecule has 9 nitrogen and oxygen atoms in total. The van der Waals surface area contributed by atoms with Gasteiger partial charge in [0.25, 0.3) is 0 Å². The molecule has 0 aromatic heterocycles. The van der Waals surface area contributed by atoms with Gasteiger partial charge in [-0.2, -0.15) is 0 Å². The van der Waals surface area contributed by atoms with Gasteiger partial charge in [0, 0.05) is 19.4 Å². The monoisotopic (exact) mass is 908 g/mol. The van der Waals surface area contributed by atoms with Gasteiger partial charge in [0.15, 0.2) is 6.10 Å². The zero-order valence-corrected chi connectivity index (χ0v) is 41.7. The molecule has 0 amide bonds. The van der Waals surface area contributed by atoms with Crippen LogP contribution in [0.25, 0.3) is 0 Å². The standard InChI is InChI=1S/C53H98NO8P/c1-3-5-7-9-11-13-15-17-19-21-22-23-24-25-26-27-28-30-31-33-35-37-39-41-43-45-52(55)59-49-51(50-61-63(57,58)60-48-47-54)62-53(56)46-44-42-40-38-36-34-32-29-20-18-16-14-12-10-8-6-4-2/h6,8,12,14,18,20,32,34,51H,3-5,7,9-11,13,15-17,19,21-31,33,35-50,54H2,1-2H3,(H,57,58)/b8-6-,14-12-,20-18-,34-32-. The summed E-state index contributed by atoms with van der Waals surface area (Å²) in [6.45, 7) is 3.63. The Balaban J connectivity index is 4.00. The van der Waals surface area contributed by atoms with Crippen molar-refractivity contribution in [3.05, 3.63) is 48.6 Å². The Bertz CT molecular complexity index is 1170. The molecule has 0 aromatic rings. The number of phosphoric ester groups is 1. The van der Waals surface area contributed by atoms with Crippen molar-refractivity contribution in [1.82, 2.24) is 0 Å². The predicted octanol–water partition coefficient (Wildman–Crippen LogP) is 15.8. The molecule has 2 atom stereocenters. The van der Waals surface area contributed by atoms with Crippen molar-refractivity contribution in [2.45, 2.75) is 251 Å². The van der Waals surface area contributed by atoms with Gasteiger partial charge in [-0.3, -0.25) is 18.6 Å². The third-order valence-corrected chi connectivity index (χ3v) is 12.2. The summed E-state index contributed by atoms with van der Waals surface area (Å²) in [5, 5.41) is 0. The molecule has 3 N–H and O–H groups in total. The Morgan fingerprint density at radius 2 is 0.873 bits per heavy atom. The average molecular weight is 908 g/mol. The quantitative estimate of drug-likeness (QED) is 0.0265. The van der Waals surface area contributed by atoms with Gasteiger partial charge in [-0.05, 0) is 51.4 Å². The molecule has 0 aliphatic heterocycles. The highest BCUT2D eigenvalue weighted by molar-refractivity contribution is 7.47. The highest BCUT2D eigenvalue weighted by Crippen LogP contribution is 2.43. The molecule has 0 fully saturated rings. The van der Waals surface area contributed by atoms with Gasteiger partial charge in [-0.15, -0.1) is 0 Å². The molecule has 2 unspecified atom stereocenters. The second-order valence-electron chi connectivity index (χ2n) is 17.4. The number of nitrogens with two attached hydrogens (primary N) is 1. The maximum absolute atomic E-state index is 12.6. The van der Waals surface area contributed by atoms with Crippen LogP contribution < -0.4 is 5.73 Å². The van der Waals surface area contributed by atoms with E-state index in [0.717, 1.165) is 70.6 Å². The van der Waals surface area contributed by atoms with Crippen molar-refractivity contribution in [3.63, 3.8) is 0 Å². The molecule has 0 aliphatic rings.